The quantitative estimate of drug-likeness (QED) is 0.665. The molecule has 1 aromatic heterocycles. The van der Waals surface area contributed by atoms with E-state index in [2.05, 4.69) is 9.97 Å². The predicted molar refractivity (Wildman–Crippen MR) is 62.1 cm³/mol. The molecule has 0 spiro atoms. The summed E-state index contributed by atoms with van der Waals surface area (Å²) in [5.41, 5.74) is 2.00. The standard InChI is InChI=1S/C12H20N2O2/c1-4-15-12(16-5-2)7-6-11-10(3)13-8-9-14-11/h8-9,12H,4-7H2,1-3H3. The van der Waals surface area contributed by atoms with Gasteiger partial charge in [0, 0.05) is 32.0 Å². The first-order valence-electron chi connectivity index (χ1n) is 5.77. The lowest BCUT2D eigenvalue weighted by Gasteiger charge is -2.16. The molecule has 0 aliphatic carbocycles. The number of hydrogen-bond donors (Lipinski definition) is 0. The Kier molecular flexibility index (Phi) is 5.96. The van der Waals surface area contributed by atoms with Crippen LogP contribution in [0.5, 0.6) is 0 Å². The van der Waals surface area contributed by atoms with Crippen LogP contribution in [0.3, 0.4) is 0 Å². The van der Waals surface area contributed by atoms with Crippen LogP contribution in [0.25, 0.3) is 0 Å². The van der Waals surface area contributed by atoms with Gasteiger partial charge in [-0.3, -0.25) is 9.97 Å². The fourth-order valence-corrected chi connectivity index (χ4v) is 1.52. The van der Waals surface area contributed by atoms with E-state index in [1.807, 2.05) is 20.8 Å². The minimum atomic E-state index is -0.128. The summed E-state index contributed by atoms with van der Waals surface area (Å²) in [4.78, 5) is 8.50. The van der Waals surface area contributed by atoms with Crippen molar-refractivity contribution < 1.29 is 9.47 Å². The van der Waals surface area contributed by atoms with Crippen molar-refractivity contribution in [3.8, 4) is 0 Å². The van der Waals surface area contributed by atoms with Crippen LogP contribution in [0.15, 0.2) is 12.4 Å². The lowest BCUT2D eigenvalue weighted by atomic mass is 10.2. The first-order chi connectivity index (χ1) is 7.77. The van der Waals surface area contributed by atoms with Crippen molar-refractivity contribution in [1.29, 1.82) is 0 Å². The molecule has 4 nitrogen and oxygen atoms in total. The second-order valence-electron chi connectivity index (χ2n) is 3.47. The largest absolute Gasteiger partial charge is 0.353 e. The lowest BCUT2D eigenvalue weighted by Crippen LogP contribution is -2.18. The SMILES string of the molecule is CCOC(CCc1nccnc1C)OCC. The summed E-state index contributed by atoms with van der Waals surface area (Å²) < 4.78 is 10.9. The molecule has 1 aromatic rings. The molecule has 0 N–H and O–H groups in total. The van der Waals surface area contributed by atoms with Crippen LogP contribution < -0.4 is 0 Å². The molecule has 1 heterocycles. The second kappa shape index (κ2) is 7.30. The van der Waals surface area contributed by atoms with E-state index >= 15 is 0 Å². The molecule has 0 unspecified atom stereocenters. The Balaban J connectivity index is 2.45. The van der Waals surface area contributed by atoms with Gasteiger partial charge in [-0.05, 0) is 27.2 Å². The number of hydrogen-bond acceptors (Lipinski definition) is 4. The van der Waals surface area contributed by atoms with E-state index in [9.17, 15) is 0 Å². The number of aryl methyl sites for hydroxylation is 2. The Morgan fingerprint density at radius 3 is 2.31 bits per heavy atom. The zero-order valence-corrected chi connectivity index (χ0v) is 10.3. The highest BCUT2D eigenvalue weighted by molar-refractivity contribution is 5.08. The van der Waals surface area contributed by atoms with E-state index in [4.69, 9.17) is 9.47 Å². The third-order valence-electron chi connectivity index (χ3n) is 2.30. The highest BCUT2D eigenvalue weighted by Crippen LogP contribution is 2.08. The molecule has 0 aliphatic rings. The molecule has 0 radical (unpaired) electrons. The van der Waals surface area contributed by atoms with E-state index in [-0.39, 0.29) is 6.29 Å². The van der Waals surface area contributed by atoms with E-state index in [1.165, 1.54) is 0 Å². The smallest absolute Gasteiger partial charge is 0.157 e. The van der Waals surface area contributed by atoms with Crippen molar-refractivity contribution >= 4 is 0 Å². The molecule has 90 valence electrons. The summed E-state index contributed by atoms with van der Waals surface area (Å²) in [5, 5.41) is 0. The highest BCUT2D eigenvalue weighted by Gasteiger charge is 2.09. The number of aromatic nitrogens is 2. The van der Waals surface area contributed by atoms with Gasteiger partial charge < -0.3 is 9.47 Å². The third kappa shape index (κ3) is 4.24. The Morgan fingerprint density at radius 2 is 1.75 bits per heavy atom. The first-order valence-corrected chi connectivity index (χ1v) is 5.77. The van der Waals surface area contributed by atoms with Gasteiger partial charge in [-0.2, -0.15) is 0 Å². The number of rotatable bonds is 7. The fraction of sp³-hybridized carbons (Fsp3) is 0.667. The molecule has 0 saturated carbocycles. The van der Waals surface area contributed by atoms with E-state index in [1.54, 1.807) is 12.4 Å². The molecule has 0 atom stereocenters. The zero-order chi connectivity index (χ0) is 11.8. The summed E-state index contributed by atoms with van der Waals surface area (Å²) >= 11 is 0. The van der Waals surface area contributed by atoms with E-state index in [0.29, 0.717) is 13.2 Å². The van der Waals surface area contributed by atoms with Crippen molar-refractivity contribution in [1.82, 2.24) is 9.97 Å². The Morgan fingerprint density at radius 1 is 1.12 bits per heavy atom. The minimum Gasteiger partial charge on any atom is -0.353 e. The summed E-state index contributed by atoms with van der Waals surface area (Å²) in [6, 6.07) is 0. The molecular formula is C12H20N2O2. The Bertz CT molecular complexity index is 299. The zero-order valence-electron chi connectivity index (χ0n) is 10.3. The van der Waals surface area contributed by atoms with Gasteiger partial charge in [-0.25, -0.2) is 0 Å². The first kappa shape index (κ1) is 13.1. The average molecular weight is 224 g/mol. The summed E-state index contributed by atoms with van der Waals surface area (Å²) in [7, 11) is 0. The van der Waals surface area contributed by atoms with Gasteiger partial charge in [-0.1, -0.05) is 0 Å². The molecule has 4 heteroatoms. The second-order valence-corrected chi connectivity index (χ2v) is 3.47. The normalized spacial score (nSPS) is 11.0. The minimum absolute atomic E-state index is 0.128. The number of ether oxygens (including phenoxy) is 2. The summed E-state index contributed by atoms with van der Waals surface area (Å²) in [5.74, 6) is 0. The van der Waals surface area contributed by atoms with Crippen LogP contribution >= 0.6 is 0 Å². The van der Waals surface area contributed by atoms with Crippen molar-refractivity contribution in [2.75, 3.05) is 13.2 Å². The number of nitrogens with zero attached hydrogens (tertiary/aromatic N) is 2. The van der Waals surface area contributed by atoms with E-state index in [0.717, 1.165) is 24.2 Å². The molecule has 0 aliphatic heterocycles. The fourth-order valence-electron chi connectivity index (χ4n) is 1.52. The predicted octanol–water partition coefficient (Wildman–Crippen LogP) is 2.12. The van der Waals surface area contributed by atoms with Crippen LogP contribution in [0, 0.1) is 6.92 Å². The van der Waals surface area contributed by atoms with Crippen molar-refractivity contribution in [3.05, 3.63) is 23.8 Å². The lowest BCUT2D eigenvalue weighted by molar-refractivity contribution is -0.139. The summed E-state index contributed by atoms with van der Waals surface area (Å²) in [6.07, 6.45) is 4.96. The molecule has 16 heavy (non-hydrogen) atoms. The summed E-state index contributed by atoms with van der Waals surface area (Å²) in [6.45, 7) is 7.26. The molecule has 0 amide bonds. The van der Waals surface area contributed by atoms with Crippen LogP contribution in [-0.2, 0) is 15.9 Å². The third-order valence-corrected chi connectivity index (χ3v) is 2.30. The van der Waals surface area contributed by atoms with E-state index < -0.39 is 0 Å². The van der Waals surface area contributed by atoms with Crippen molar-refractivity contribution in [2.45, 2.75) is 39.9 Å². The molecule has 1 rings (SSSR count). The maximum absolute atomic E-state index is 5.47. The van der Waals surface area contributed by atoms with Gasteiger partial charge in [0.1, 0.15) is 0 Å². The van der Waals surface area contributed by atoms with Gasteiger partial charge in [0.2, 0.25) is 0 Å². The molecule has 0 aromatic carbocycles. The van der Waals surface area contributed by atoms with Crippen LogP contribution in [0.2, 0.25) is 0 Å². The molecule has 0 bridgehead atoms. The molecule has 0 saturated heterocycles. The molecular weight excluding hydrogens is 204 g/mol. The van der Waals surface area contributed by atoms with Crippen LogP contribution in [0.4, 0.5) is 0 Å². The van der Waals surface area contributed by atoms with Gasteiger partial charge in [0.25, 0.3) is 0 Å². The highest BCUT2D eigenvalue weighted by atomic mass is 16.7. The molecule has 0 fully saturated rings. The van der Waals surface area contributed by atoms with Gasteiger partial charge >= 0.3 is 0 Å². The van der Waals surface area contributed by atoms with Gasteiger partial charge in [0.05, 0.1) is 11.4 Å². The maximum Gasteiger partial charge on any atom is 0.157 e. The monoisotopic (exact) mass is 224 g/mol. The van der Waals surface area contributed by atoms with Gasteiger partial charge in [0.15, 0.2) is 6.29 Å². The van der Waals surface area contributed by atoms with Crippen LogP contribution in [0.1, 0.15) is 31.7 Å². The Labute approximate surface area is 97.0 Å². The maximum atomic E-state index is 5.47. The topological polar surface area (TPSA) is 44.2 Å². The average Bonchev–Trinajstić information content (AvgIpc) is 2.28. The van der Waals surface area contributed by atoms with Gasteiger partial charge in [-0.15, -0.1) is 0 Å². The van der Waals surface area contributed by atoms with Crippen molar-refractivity contribution in [3.63, 3.8) is 0 Å². The van der Waals surface area contributed by atoms with Crippen molar-refractivity contribution in [2.24, 2.45) is 0 Å². The van der Waals surface area contributed by atoms with Crippen LogP contribution in [-0.4, -0.2) is 29.5 Å². The Hall–Kier alpha value is -1.00.